The predicted octanol–water partition coefficient (Wildman–Crippen LogP) is 1.66. The number of rotatable bonds is 5. The fraction of sp³-hybridized carbons (Fsp3) is 0.500. The van der Waals surface area contributed by atoms with Gasteiger partial charge in [0.05, 0.1) is 11.0 Å². The Morgan fingerprint density at radius 2 is 2.24 bits per heavy atom. The Morgan fingerprint density at radius 1 is 1.38 bits per heavy atom. The zero-order valence-electron chi connectivity index (χ0n) is 12.1. The molecule has 0 saturated carbocycles. The summed E-state index contributed by atoms with van der Waals surface area (Å²) in [5.74, 6) is 0. The van der Waals surface area contributed by atoms with E-state index >= 15 is 0 Å². The number of nitrogens with zero attached hydrogens (tertiary/aromatic N) is 2. The molecule has 112 valence electrons. The number of aromatic amines is 1. The first-order chi connectivity index (χ1) is 10.3. The van der Waals surface area contributed by atoms with E-state index in [2.05, 4.69) is 14.9 Å². The molecule has 1 aromatic heterocycles. The van der Waals surface area contributed by atoms with Crippen LogP contribution in [0.4, 0.5) is 0 Å². The van der Waals surface area contributed by atoms with Crippen LogP contribution in [-0.2, 0) is 6.54 Å². The molecule has 5 nitrogen and oxygen atoms in total. The fourth-order valence-electron chi connectivity index (χ4n) is 3.12. The summed E-state index contributed by atoms with van der Waals surface area (Å²) in [7, 11) is 0. The molecule has 0 bridgehead atoms. The summed E-state index contributed by atoms with van der Waals surface area (Å²) in [6.07, 6.45) is 4.11. The summed E-state index contributed by atoms with van der Waals surface area (Å²) in [5, 5.41) is 8.98. The lowest BCUT2D eigenvalue weighted by Gasteiger charge is -2.23. The third-order valence-electron chi connectivity index (χ3n) is 4.22. The number of likely N-dealkylation sites (tertiary alicyclic amines) is 1. The van der Waals surface area contributed by atoms with E-state index in [1.54, 1.807) is 0 Å². The van der Waals surface area contributed by atoms with Gasteiger partial charge in [0.25, 0.3) is 5.56 Å². The van der Waals surface area contributed by atoms with Crippen molar-refractivity contribution in [3.05, 3.63) is 40.3 Å². The van der Waals surface area contributed by atoms with Gasteiger partial charge in [-0.25, -0.2) is 4.98 Å². The van der Waals surface area contributed by atoms with Crippen molar-refractivity contribution < 1.29 is 5.11 Å². The molecule has 0 amide bonds. The Bertz CT molecular complexity index is 668. The second-order valence-corrected chi connectivity index (χ2v) is 5.66. The lowest BCUT2D eigenvalue weighted by atomic mass is 10.1. The topological polar surface area (TPSA) is 69.2 Å². The molecular formula is C16H21N3O2. The standard InChI is InChI=1S/C16H21N3O2/c20-10-4-6-12-5-3-9-19(12)11-15-16(21)18-14-8-2-1-7-13(14)17-15/h1-2,7-8,12,20H,3-6,9-11H2,(H,18,21). The molecule has 1 unspecified atom stereocenters. The number of para-hydroxylation sites is 2. The van der Waals surface area contributed by atoms with E-state index < -0.39 is 0 Å². The van der Waals surface area contributed by atoms with Gasteiger partial charge < -0.3 is 10.1 Å². The number of fused-ring (bicyclic) bond motifs is 1. The van der Waals surface area contributed by atoms with Crippen molar-refractivity contribution in [1.29, 1.82) is 0 Å². The molecule has 3 rings (SSSR count). The van der Waals surface area contributed by atoms with Crippen molar-refractivity contribution in [2.75, 3.05) is 13.2 Å². The van der Waals surface area contributed by atoms with Crippen molar-refractivity contribution in [3.63, 3.8) is 0 Å². The summed E-state index contributed by atoms with van der Waals surface area (Å²) < 4.78 is 0. The van der Waals surface area contributed by atoms with Gasteiger partial charge in [0.2, 0.25) is 0 Å². The average molecular weight is 287 g/mol. The lowest BCUT2D eigenvalue weighted by molar-refractivity contribution is 0.208. The highest BCUT2D eigenvalue weighted by Crippen LogP contribution is 2.22. The SMILES string of the molecule is O=c1[nH]c2ccccc2nc1CN1CCCC1CCCO. The van der Waals surface area contributed by atoms with E-state index in [0.29, 0.717) is 18.3 Å². The van der Waals surface area contributed by atoms with Crippen LogP contribution in [-0.4, -0.2) is 39.2 Å². The Balaban J connectivity index is 1.80. The average Bonchev–Trinajstić information content (AvgIpc) is 2.93. The van der Waals surface area contributed by atoms with Crippen LogP contribution in [0.2, 0.25) is 0 Å². The molecule has 1 aliphatic rings. The quantitative estimate of drug-likeness (QED) is 0.877. The highest BCUT2D eigenvalue weighted by molar-refractivity contribution is 5.73. The van der Waals surface area contributed by atoms with Gasteiger partial charge in [-0.1, -0.05) is 12.1 Å². The van der Waals surface area contributed by atoms with Crippen LogP contribution in [0, 0.1) is 0 Å². The number of nitrogens with one attached hydrogen (secondary N) is 1. The molecule has 1 fully saturated rings. The molecule has 1 saturated heterocycles. The molecular weight excluding hydrogens is 266 g/mol. The van der Waals surface area contributed by atoms with Gasteiger partial charge in [0.1, 0.15) is 5.69 Å². The molecule has 2 aromatic rings. The second kappa shape index (κ2) is 6.37. The fourth-order valence-corrected chi connectivity index (χ4v) is 3.12. The summed E-state index contributed by atoms with van der Waals surface area (Å²) in [6, 6.07) is 8.07. The van der Waals surface area contributed by atoms with Crippen molar-refractivity contribution in [1.82, 2.24) is 14.9 Å². The summed E-state index contributed by atoms with van der Waals surface area (Å²) >= 11 is 0. The molecule has 0 aliphatic carbocycles. The van der Waals surface area contributed by atoms with E-state index in [1.807, 2.05) is 24.3 Å². The van der Waals surface area contributed by atoms with E-state index in [1.165, 1.54) is 0 Å². The van der Waals surface area contributed by atoms with Crippen LogP contribution >= 0.6 is 0 Å². The molecule has 1 aliphatic heterocycles. The summed E-state index contributed by atoms with van der Waals surface area (Å²) in [6.45, 7) is 1.83. The largest absolute Gasteiger partial charge is 0.396 e. The number of aliphatic hydroxyl groups is 1. The predicted molar refractivity (Wildman–Crippen MR) is 82.1 cm³/mol. The van der Waals surface area contributed by atoms with Crippen LogP contribution in [0.1, 0.15) is 31.4 Å². The molecule has 0 radical (unpaired) electrons. The van der Waals surface area contributed by atoms with Crippen molar-refractivity contribution in [2.45, 2.75) is 38.3 Å². The first-order valence-electron chi connectivity index (χ1n) is 7.61. The maximum Gasteiger partial charge on any atom is 0.271 e. The van der Waals surface area contributed by atoms with E-state index in [4.69, 9.17) is 5.11 Å². The Morgan fingerprint density at radius 3 is 3.10 bits per heavy atom. The van der Waals surface area contributed by atoms with Crippen LogP contribution in [0.15, 0.2) is 29.1 Å². The van der Waals surface area contributed by atoms with Gasteiger partial charge >= 0.3 is 0 Å². The van der Waals surface area contributed by atoms with E-state index in [0.717, 1.165) is 43.3 Å². The number of hydrogen-bond acceptors (Lipinski definition) is 4. The van der Waals surface area contributed by atoms with Crippen LogP contribution in [0.5, 0.6) is 0 Å². The zero-order valence-corrected chi connectivity index (χ0v) is 12.1. The lowest BCUT2D eigenvalue weighted by Crippen LogP contribution is -2.32. The number of aromatic nitrogens is 2. The van der Waals surface area contributed by atoms with E-state index in [9.17, 15) is 4.79 Å². The molecule has 5 heteroatoms. The monoisotopic (exact) mass is 287 g/mol. The van der Waals surface area contributed by atoms with Gasteiger partial charge in [0.15, 0.2) is 0 Å². The molecule has 2 N–H and O–H groups in total. The first-order valence-corrected chi connectivity index (χ1v) is 7.61. The van der Waals surface area contributed by atoms with Crippen molar-refractivity contribution >= 4 is 11.0 Å². The van der Waals surface area contributed by atoms with Gasteiger partial charge in [-0.15, -0.1) is 0 Å². The molecule has 1 atom stereocenters. The third-order valence-corrected chi connectivity index (χ3v) is 4.22. The Kier molecular flexibility index (Phi) is 4.31. The first kappa shape index (κ1) is 14.2. The smallest absolute Gasteiger partial charge is 0.271 e. The number of H-pyrrole nitrogens is 1. The minimum Gasteiger partial charge on any atom is -0.396 e. The molecule has 0 spiro atoms. The van der Waals surface area contributed by atoms with Crippen molar-refractivity contribution in [2.24, 2.45) is 0 Å². The highest BCUT2D eigenvalue weighted by Gasteiger charge is 2.25. The van der Waals surface area contributed by atoms with Crippen LogP contribution < -0.4 is 5.56 Å². The van der Waals surface area contributed by atoms with Crippen molar-refractivity contribution in [3.8, 4) is 0 Å². The van der Waals surface area contributed by atoms with Crippen LogP contribution in [0.3, 0.4) is 0 Å². The van der Waals surface area contributed by atoms with Gasteiger partial charge in [0, 0.05) is 19.2 Å². The maximum absolute atomic E-state index is 12.2. The van der Waals surface area contributed by atoms with E-state index in [-0.39, 0.29) is 12.2 Å². The second-order valence-electron chi connectivity index (χ2n) is 5.66. The number of aliphatic hydroxyl groups excluding tert-OH is 1. The van der Waals surface area contributed by atoms with Gasteiger partial charge in [-0.05, 0) is 44.4 Å². The summed E-state index contributed by atoms with van der Waals surface area (Å²) in [4.78, 5) is 21.9. The third kappa shape index (κ3) is 3.14. The zero-order chi connectivity index (χ0) is 14.7. The number of hydrogen-bond donors (Lipinski definition) is 2. The van der Waals surface area contributed by atoms with Gasteiger partial charge in [-0.3, -0.25) is 9.69 Å². The summed E-state index contributed by atoms with van der Waals surface area (Å²) in [5.41, 5.74) is 2.11. The molecule has 21 heavy (non-hydrogen) atoms. The van der Waals surface area contributed by atoms with Crippen LogP contribution in [0.25, 0.3) is 11.0 Å². The highest BCUT2D eigenvalue weighted by atomic mass is 16.2. The Labute approximate surface area is 123 Å². The minimum atomic E-state index is -0.0958. The Hall–Kier alpha value is -1.72. The minimum absolute atomic E-state index is 0.0958. The van der Waals surface area contributed by atoms with Gasteiger partial charge in [-0.2, -0.15) is 0 Å². The normalized spacial score (nSPS) is 19.4. The molecule has 1 aromatic carbocycles. The molecule has 2 heterocycles. The maximum atomic E-state index is 12.2. The number of benzene rings is 1.